The third-order valence-electron chi connectivity index (χ3n) is 3.52. The maximum atomic E-state index is 9.67. The molecule has 0 spiro atoms. The number of H-pyrrole nitrogens is 2. The van der Waals surface area contributed by atoms with E-state index in [1.807, 2.05) is 0 Å². The van der Waals surface area contributed by atoms with Gasteiger partial charge in [0.05, 0.1) is 40.4 Å². The molecule has 0 aliphatic heterocycles. The van der Waals surface area contributed by atoms with Gasteiger partial charge < -0.3 is 19.9 Å². The molecule has 122 valence electrons. The zero-order chi connectivity index (χ0) is 16.4. The minimum Gasteiger partial charge on any atom is -0.493 e. The van der Waals surface area contributed by atoms with Crippen LogP contribution in [0.2, 0.25) is 10.0 Å². The number of aromatic nitrogens is 3. The van der Waals surface area contributed by atoms with Crippen molar-refractivity contribution in [2.75, 3.05) is 13.2 Å². The summed E-state index contributed by atoms with van der Waals surface area (Å²) < 4.78 is 5.76. The number of hydrogen-bond acceptors (Lipinski definition) is 4. The third-order valence-corrected chi connectivity index (χ3v) is 4.30. The van der Waals surface area contributed by atoms with Gasteiger partial charge in [0.25, 0.3) is 0 Å². The Balaban J connectivity index is 2.25. The predicted molar refractivity (Wildman–Crippen MR) is 89.0 cm³/mol. The first-order chi connectivity index (χ1) is 11.2. The summed E-state index contributed by atoms with van der Waals surface area (Å²) in [5.41, 5.74) is 2.75. The van der Waals surface area contributed by atoms with Gasteiger partial charge in [0.15, 0.2) is 0 Å². The van der Waals surface area contributed by atoms with E-state index in [0.29, 0.717) is 40.0 Å². The largest absolute Gasteiger partial charge is 0.493 e. The number of halogens is 2. The van der Waals surface area contributed by atoms with Crippen LogP contribution in [0.3, 0.4) is 0 Å². The number of benzene rings is 1. The molecule has 4 N–H and O–H groups in total. The fourth-order valence-electron chi connectivity index (χ4n) is 2.52. The van der Waals surface area contributed by atoms with E-state index in [4.69, 9.17) is 33.0 Å². The van der Waals surface area contributed by atoms with E-state index in [9.17, 15) is 5.11 Å². The van der Waals surface area contributed by atoms with Crippen molar-refractivity contribution < 1.29 is 14.9 Å². The summed E-state index contributed by atoms with van der Waals surface area (Å²) in [5, 5.41) is 26.7. The molecule has 3 rings (SSSR count). The van der Waals surface area contributed by atoms with Gasteiger partial charge in [0, 0.05) is 42.1 Å². The monoisotopic (exact) mass is 355 g/mol. The lowest BCUT2D eigenvalue weighted by molar-refractivity contribution is 0.235. The predicted octanol–water partition coefficient (Wildman–Crippen LogP) is 3.12. The van der Waals surface area contributed by atoms with Gasteiger partial charge in [0.1, 0.15) is 5.75 Å². The van der Waals surface area contributed by atoms with Crippen molar-refractivity contribution in [1.82, 2.24) is 15.2 Å². The molecule has 0 aliphatic rings. The maximum Gasteiger partial charge on any atom is 0.130 e. The molecule has 0 unspecified atom stereocenters. The first kappa shape index (κ1) is 16.1. The van der Waals surface area contributed by atoms with Gasteiger partial charge in [-0.05, 0) is 0 Å². The molecule has 0 atom stereocenters. The molecule has 0 bridgehead atoms. The molecular formula is C15H15Cl2N3O3. The van der Waals surface area contributed by atoms with Crippen LogP contribution < -0.4 is 4.74 Å². The third kappa shape index (κ3) is 2.90. The number of nitrogens with zero attached hydrogens (tertiary/aromatic N) is 1. The lowest BCUT2D eigenvalue weighted by atomic mass is 10.0. The molecule has 0 saturated heterocycles. The smallest absolute Gasteiger partial charge is 0.130 e. The molecule has 0 aliphatic carbocycles. The number of aliphatic hydroxyl groups excluding tert-OH is 2. The van der Waals surface area contributed by atoms with Crippen molar-refractivity contribution in [2.24, 2.45) is 0 Å². The Bertz CT molecular complexity index is 815. The van der Waals surface area contributed by atoms with Gasteiger partial charge >= 0.3 is 0 Å². The van der Waals surface area contributed by atoms with Gasteiger partial charge in [-0.25, -0.2) is 0 Å². The zero-order valence-corrected chi connectivity index (χ0v) is 13.6. The molecule has 6 nitrogen and oxygen atoms in total. The van der Waals surface area contributed by atoms with E-state index in [2.05, 4.69) is 15.2 Å². The minimum atomic E-state index is -0.195. The van der Waals surface area contributed by atoms with Gasteiger partial charge in [-0.1, -0.05) is 23.2 Å². The lowest BCUT2D eigenvalue weighted by Crippen LogP contribution is -2.00. The molecule has 0 amide bonds. The zero-order valence-electron chi connectivity index (χ0n) is 12.1. The van der Waals surface area contributed by atoms with Gasteiger partial charge in [0.2, 0.25) is 0 Å². The molecule has 0 saturated carbocycles. The summed E-state index contributed by atoms with van der Waals surface area (Å²) >= 11 is 12.5. The van der Waals surface area contributed by atoms with Crippen LogP contribution >= 0.6 is 23.2 Å². The van der Waals surface area contributed by atoms with Crippen LogP contribution in [0, 0.1) is 0 Å². The number of aliphatic hydroxyl groups is 2. The van der Waals surface area contributed by atoms with Crippen LogP contribution in [0.4, 0.5) is 0 Å². The van der Waals surface area contributed by atoms with Crippen LogP contribution in [0.15, 0.2) is 18.5 Å². The number of rotatable bonds is 6. The molecule has 3 aromatic rings. The molecule has 23 heavy (non-hydrogen) atoms. The minimum absolute atomic E-state index is 0.0358. The van der Waals surface area contributed by atoms with Gasteiger partial charge in [-0.2, -0.15) is 5.10 Å². The summed E-state index contributed by atoms with van der Waals surface area (Å²) in [6.07, 6.45) is 3.88. The Morgan fingerprint density at radius 1 is 1.26 bits per heavy atom. The standard InChI is InChI=1S/C15H15Cl2N3O3/c16-9-4-11(23-3-1-2-21)13-12(8-5-18-19-6-8)10(7-22)20-15(13)14(9)17/h4-6,20-22H,1-3,7H2,(H,18,19). The summed E-state index contributed by atoms with van der Waals surface area (Å²) in [7, 11) is 0. The second-order valence-electron chi connectivity index (χ2n) is 4.97. The second kappa shape index (κ2) is 6.80. The normalized spacial score (nSPS) is 11.3. The van der Waals surface area contributed by atoms with E-state index in [-0.39, 0.29) is 13.2 Å². The van der Waals surface area contributed by atoms with E-state index < -0.39 is 0 Å². The summed E-state index contributed by atoms with van der Waals surface area (Å²) in [4.78, 5) is 3.10. The van der Waals surface area contributed by atoms with E-state index in [1.54, 1.807) is 18.5 Å². The summed E-state index contributed by atoms with van der Waals surface area (Å²) in [6, 6.07) is 1.64. The fourth-order valence-corrected chi connectivity index (χ4v) is 2.91. The van der Waals surface area contributed by atoms with Crippen molar-refractivity contribution in [1.29, 1.82) is 0 Å². The van der Waals surface area contributed by atoms with Crippen LogP contribution in [-0.4, -0.2) is 38.6 Å². The number of fused-ring (bicyclic) bond motifs is 1. The lowest BCUT2D eigenvalue weighted by Gasteiger charge is -2.10. The van der Waals surface area contributed by atoms with Crippen molar-refractivity contribution in [2.45, 2.75) is 13.0 Å². The number of hydrogen-bond donors (Lipinski definition) is 4. The highest BCUT2D eigenvalue weighted by Gasteiger charge is 2.21. The number of nitrogens with one attached hydrogen (secondary N) is 2. The molecular weight excluding hydrogens is 341 g/mol. The SMILES string of the molecule is OCCCOc1cc(Cl)c(Cl)c2[nH]c(CO)c(-c3cn[nH]c3)c12. The quantitative estimate of drug-likeness (QED) is 0.511. The van der Waals surface area contributed by atoms with Crippen LogP contribution in [-0.2, 0) is 6.61 Å². The Kier molecular flexibility index (Phi) is 4.77. The fraction of sp³-hybridized carbons (Fsp3) is 0.267. The average Bonchev–Trinajstić information content (AvgIpc) is 3.19. The van der Waals surface area contributed by atoms with E-state index >= 15 is 0 Å². The summed E-state index contributed by atoms with van der Waals surface area (Å²) in [6.45, 7) is 0.182. The topological polar surface area (TPSA) is 94.2 Å². The first-order valence-corrected chi connectivity index (χ1v) is 7.79. The Labute approximate surface area is 142 Å². The Hall–Kier alpha value is -1.73. The van der Waals surface area contributed by atoms with Crippen molar-refractivity contribution in [3.63, 3.8) is 0 Å². The van der Waals surface area contributed by atoms with Crippen LogP contribution in [0.1, 0.15) is 12.1 Å². The number of ether oxygens (including phenoxy) is 1. The van der Waals surface area contributed by atoms with Gasteiger partial charge in [-0.15, -0.1) is 0 Å². The molecule has 0 radical (unpaired) electrons. The highest BCUT2D eigenvalue weighted by Crippen LogP contribution is 2.44. The number of aromatic amines is 2. The molecule has 1 aromatic carbocycles. The highest BCUT2D eigenvalue weighted by molar-refractivity contribution is 6.45. The van der Waals surface area contributed by atoms with E-state index in [1.165, 1.54) is 0 Å². The second-order valence-corrected chi connectivity index (χ2v) is 5.75. The first-order valence-electron chi connectivity index (χ1n) is 7.03. The Morgan fingerprint density at radius 3 is 2.74 bits per heavy atom. The molecule has 2 aromatic heterocycles. The molecule has 8 heteroatoms. The van der Waals surface area contributed by atoms with E-state index in [0.717, 1.165) is 16.5 Å². The van der Waals surface area contributed by atoms with Crippen molar-refractivity contribution >= 4 is 34.1 Å². The van der Waals surface area contributed by atoms with Crippen LogP contribution in [0.25, 0.3) is 22.0 Å². The average molecular weight is 356 g/mol. The van der Waals surface area contributed by atoms with Crippen LogP contribution in [0.5, 0.6) is 5.75 Å². The Morgan fingerprint density at radius 2 is 2.09 bits per heavy atom. The summed E-state index contributed by atoms with van der Waals surface area (Å²) in [5.74, 6) is 0.537. The van der Waals surface area contributed by atoms with Gasteiger partial charge in [-0.3, -0.25) is 5.10 Å². The molecule has 0 fully saturated rings. The van der Waals surface area contributed by atoms with Crippen molar-refractivity contribution in [3.05, 3.63) is 34.2 Å². The highest BCUT2D eigenvalue weighted by atomic mass is 35.5. The molecule has 2 heterocycles. The van der Waals surface area contributed by atoms with Crippen molar-refractivity contribution in [3.8, 4) is 16.9 Å². The maximum absolute atomic E-state index is 9.67.